The van der Waals surface area contributed by atoms with Gasteiger partial charge in [0.05, 0.1) is 12.7 Å². The molecular weight excluding hydrogens is 396 g/mol. The molecular formula is C28H44N2O2. The highest BCUT2D eigenvalue weighted by Crippen LogP contribution is 2.37. The lowest BCUT2D eigenvalue weighted by Gasteiger charge is -2.28. The van der Waals surface area contributed by atoms with Crippen molar-refractivity contribution < 1.29 is 9.47 Å². The van der Waals surface area contributed by atoms with E-state index in [2.05, 4.69) is 94.1 Å². The third-order valence-electron chi connectivity index (χ3n) is 5.63. The number of anilines is 2. The lowest BCUT2D eigenvalue weighted by molar-refractivity contribution is 0.0289. The second kappa shape index (κ2) is 13.4. The van der Waals surface area contributed by atoms with Crippen LogP contribution in [0.1, 0.15) is 77.5 Å². The summed E-state index contributed by atoms with van der Waals surface area (Å²) in [5.74, 6) is 0.922. The number of unbranched alkanes of at least 4 members (excludes halogenated alkanes) is 2. The van der Waals surface area contributed by atoms with Crippen LogP contribution in [0.3, 0.4) is 0 Å². The maximum atomic E-state index is 6.43. The molecule has 0 radical (unpaired) electrons. The average Bonchev–Trinajstić information content (AvgIpc) is 2.78. The van der Waals surface area contributed by atoms with Crippen LogP contribution in [0.5, 0.6) is 5.75 Å². The third kappa shape index (κ3) is 7.44. The first-order valence-corrected chi connectivity index (χ1v) is 12.4. The molecule has 0 bridgehead atoms. The van der Waals surface area contributed by atoms with Crippen molar-refractivity contribution in [2.24, 2.45) is 0 Å². The maximum absolute atomic E-state index is 6.43. The predicted molar refractivity (Wildman–Crippen MR) is 138 cm³/mol. The Bertz CT molecular complexity index is 779. The first-order valence-electron chi connectivity index (χ1n) is 12.4. The number of ether oxygens (including phenoxy) is 2. The third-order valence-corrected chi connectivity index (χ3v) is 5.63. The Kier molecular flexibility index (Phi) is 10.9. The van der Waals surface area contributed by atoms with Crippen LogP contribution in [0.25, 0.3) is 0 Å². The Balaban J connectivity index is 2.45. The minimum Gasteiger partial charge on any atom is -0.493 e. The van der Waals surface area contributed by atoms with Crippen LogP contribution in [0.15, 0.2) is 42.5 Å². The molecule has 0 fully saturated rings. The average molecular weight is 441 g/mol. The van der Waals surface area contributed by atoms with Gasteiger partial charge < -0.3 is 19.3 Å². The molecule has 2 aromatic rings. The molecule has 2 rings (SSSR count). The van der Waals surface area contributed by atoms with E-state index in [1.165, 1.54) is 37.1 Å². The van der Waals surface area contributed by atoms with Crippen LogP contribution in [0.4, 0.5) is 11.4 Å². The van der Waals surface area contributed by atoms with E-state index in [1.807, 2.05) is 6.92 Å². The summed E-state index contributed by atoms with van der Waals surface area (Å²) in [5, 5.41) is 0. The van der Waals surface area contributed by atoms with Gasteiger partial charge in [0, 0.05) is 50.2 Å². The van der Waals surface area contributed by atoms with Crippen LogP contribution >= 0.6 is 0 Å². The number of nitrogens with zero attached hydrogens (tertiary/aromatic N) is 2. The standard InChI is InChI=1S/C28H44N2O2/c1-8-11-19-30(20-12-9-2)25-17-18-26(27(21-25)31-10-3)28(32-22(4)5)23-13-15-24(16-14-23)29(6)7/h13-18,21-22,28H,8-12,19-20H2,1-7H3. The monoisotopic (exact) mass is 440 g/mol. The van der Waals surface area contributed by atoms with Gasteiger partial charge in [0.2, 0.25) is 0 Å². The summed E-state index contributed by atoms with van der Waals surface area (Å²) in [7, 11) is 4.12. The molecule has 32 heavy (non-hydrogen) atoms. The SMILES string of the molecule is CCCCN(CCCC)c1ccc(C(OC(C)C)c2ccc(N(C)C)cc2)c(OCC)c1. The molecule has 4 nitrogen and oxygen atoms in total. The van der Waals surface area contributed by atoms with Gasteiger partial charge in [-0.1, -0.05) is 44.9 Å². The van der Waals surface area contributed by atoms with Gasteiger partial charge >= 0.3 is 0 Å². The van der Waals surface area contributed by atoms with Crippen molar-refractivity contribution in [2.45, 2.75) is 72.5 Å². The number of benzene rings is 2. The summed E-state index contributed by atoms with van der Waals surface area (Å²) < 4.78 is 12.6. The summed E-state index contributed by atoms with van der Waals surface area (Å²) in [5.41, 5.74) is 4.66. The van der Waals surface area contributed by atoms with Crippen molar-refractivity contribution in [1.29, 1.82) is 0 Å². The Morgan fingerprint density at radius 2 is 1.41 bits per heavy atom. The van der Waals surface area contributed by atoms with E-state index >= 15 is 0 Å². The quantitative estimate of drug-likeness (QED) is 0.313. The number of hydrogen-bond acceptors (Lipinski definition) is 4. The van der Waals surface area contributed by atoms with E-state index in [4.69, 9.17) is 9.47 Å². The van der Waals surface area contributed by atoms with Gasteiger partial charge in [-0.05, 0) is 57.4 Å². The van der Waals surface area contributed by atoms with Crippen LogP contribution in [-0.4, -0.2) is 39.9 Å². The summed E-state index contributed by atoms with van der Waals surface area (Å²) in [6.07, 6.45) is 4.74. The second-order valence-electron chi connectivity index (χ2n) is 8.90. The van der Waals surface area contributed by atoms with Crippen molar-refractivity contribution >= 4 is 11.4 Å². The first-order chi connectivity index (χ1) is 15.4. The highest BCUT2D eigenvalue weighted by molar-refractivity contribution is 5.56. The van der Waals surface area contributed by atoms with Crippen LogP contribution in [0, 0.1) is 0 Å². The Hall–Kier alpha value is -2.20. The first kappa shape index (κ1) is 26.1. The molecule has 1 unspecified atom stereocenters. The number of rotatable bonds is 14. The highest BCUT2D eigenvalue weighted by Gasteiger charge is 2.22. The molecule has 0 amide bonds. The predicted octanol–water partition coefficient (Wildman–Crippen LogP) is 7.07. The van der Waals surface area contributed by atoms with Crippen LogP contribution in [0.2, 0.25) is 0 Å². The topological polar surface area (TPSA) is 24.9 Å². The molecule has 1 atom stereocenters. The Morgan fingerprint density at radius 1 is 0.812 bits per heavy atom. The fraction of sp³-hybridized carbons (Fsp3) is 0.571. The molecule has 4 heteroatoms. The highest BCUT2D eigenvalue weighted by atomic mass is 16.5. The fourth-order valence-corrected chi connectivity index (χ4v) is 3.84. The molecule has 0 saturated heterocycles. The summed E-state index contributed by atoms with van der Waals surface area (Å²) in [6.45, 7) is 13.5. The van der Waals surface area contributed by atoms with E-state index in [9.17, 15) is 0 Å². The molecule has 178 valence electrons. The zero-order valence-electron chi connectivity index (χ0n) is 21.4. The van der Waals surface area contributed by atoms with Crippen molar-refractivity contribution in [3.8, 4) is 5.75 Å². The molecule has 0 heterocycles. The molecule has 0 aliphatic heterocycles. The Labute approximate surface area is 196 Å². The van der Waals surface area contributed by atoms with Gasteiger partial charge in [0.1, 0.15) is 11.9 Å². The molecule has 0 aliphatic carbocycles. The van der Waals surface area contributed by atoms with Crippen LogP contribution in [-0.2, 0) is 4.74 Å². The van der Waals surface area contributed by atoms with Gasteiger partial charge in [-0.25, -0.2) is 0 Å². The fourth-order valence-electron chi connectivity index (χ4n) is 3.84. The lowest BCUT2D eigenvalue weighted by Crippen LogP contribution is -2.25. The lowest BCUT2D eigenvalue weighted by atomic mass is 9.99. The molecule has 0 aromatic heterocycles. The van der Waals surface area contributed by atoms with Crippen LogP contribution < -0.4 is 14.5 Å². The normalized spacial score (nSPS) is 12.1. The van der Waals surface area contributed by atoms with Gasteiger partial charge in [-0.3, -0.25) is 0 Å². The van der Waals surface area contributed by atoms with Gasteiger partial charge in [0.15, 0.2) is 0 Å². The molecule has 0 aliphatic rings. The molecule has 0 spiro atoms. The maximum Gasteiger partial charge on any atom is 0.127 e. The molecule has 0 N–H and O–H groups in total. The summed E-state index contributed by atoms with van der Waals surface area (Å²) in [4.78, 5) is 4.62. The van der Waals surface area contributed by atoms with E-state index in [0.717, 1.165) is 30.0 Å². The largest absolute Gasteiger partial charge is 0.493 e. The van der Waals surface area contributed by atoms with E-state index in [-0.39, 0.29) is 12.2 Å². The van der Waals surface area contributed by atoms with Gasteiger partial charge in [0.25, 0.3) is 0 Å². The Morgan fingerprint density at radius 3 is 1.91 bits per heavy atom. The minimum absolute atomic E-state index is 0.105. The smallest absolute Gasteiger partial charge is 0.127 e. The zero-order valence-corrected chi connectivity index (χ0v) is 21.4. The zero-order chi connectivity index (χ0) is 23.5. The van der Waals surface area contributed by atoms with E-state index < -0.39 is 0 Å². The minimum atomic E-state index is -0.165. The van der Waals surface area contributed by atoms with Crippen molar-refractivity contribution in [3.63, 3.8) is 0 Å². The van der Waals surface area contributed by atoms with Crippen molar-refractivity contribution in [3.05, 3.63) is 53.6 Å². The molecule has 2 aromatic carbocycles. The van der Waals surface area contributed by atoms with Gasteiger partial charge in [-0.2, -0.15) is 0 Å². The van der Waals surface area contributed by atoms with Crippen molar-refractivity contribution in [1.82, 2.24) is 0 Å². The van der Waals surface area contributed by atoms with E-state index in [0.29, 0.717) is 6.61 Å². The van der Waals surface area contributed by atoms with E-state index in [1.54, 1.807) is 0 Å². The summed E-state index contributed by atoms with van der Waals surface area (Å²) >= 11 is 0. The number of hydrogen-bond donors (Lipinski definition) is 0. The molecule has 0 saturated carbocycles. The van der Waals surface area contributed by atoms with Gasteiger partial charge in [-0.15, -0.1) is 0 Å². The second-order valence-corrected chi connectivity index (χ2v) is 8.90. The van der Waals surface area contributed by atoms with Crippen molar-refractivity contribution in [2.75, 3.05) is 43.6 Å². The summed E-state index contributed by atoms with van der Waals surface area (Å²) in [6, 6.07) is 15.3.